The maximum atomic E-state index is 11.4. The minimum absolute atomic E-state index is 0.171. The number of carbonyl (C=O) groups excluding carboxylic acids is 1. The Morgan fingerprint density at radius 2 is 2.23 bits per heavy atom. The lowest BCUT2D eigenvalue weighted by Gasteiger charge is -2.20. The van der Waals surface area contributed by atoms with Gasteiger partial charge in [0, 0.05) is 6.54 Å². The summed E-state index contributed by atoms with van der Waals surface area (Å²) in [5, 5.41) is 0. The van der Waals surface area contributed by atoms with E-state index in [4.69, 9.17) is 0 Å². The molecule has 0 bridgehead atoms. The Morgan fingerprint density at radius 1 is 1.54 bits per heavy atom. The molecule has 0 aromatic heterocycles. The summed E-state index contributed by atoms with van der Waals surface area (Å²) in [6.07, 6.45) is 2.21. The first kappa shape index (κ1) is 8.95. The van der Waals surface area contributed by atoms with Crippen molar-refractivity contribution in [2.45, 2.75) is 25.8 Å². The van der Waals surface area contributed by atoms with E-state index in [1.54, 1.807) is 6.92 Å². The van der Waals surface area contributed by atoms with Crippen molar-refractivity contribution in [2.24, 2.45) is 11.8 Å². The van der Waals surface area contributed by atoms with Gasteiger partial charge < -0.3 is 0 Å². The maximum Gasteiger partial charge on any atom is 0.147 e. The van der Waals surface area contributed by atoms with E-state index in [0.717, 1.165) is 19.4 Å². The lowest BCUT2D eigenvalue weighted by molar-refractivity contribution is -0.121. The van der Waals surface area contributed by atoms with Gasteiger partial charge in [0.05, 0.1) is 6.04 Å². The summed E-state index contributed by atoms with van der Waals surface area (Å²) in [5.74, 6) is 1.59. The van der Waals surface area contributed by atoms with Crippen molar-refractivity contribution in [1.29, 1.82) is 0 Å². The van der Waals surface area contributed by atoms with Crippen LogP contribution in [0.2, 0.25) is 0 Å². The summed E-state index contributed by atoms with van der Waals surface area (Å²) < 4.78 is 0. The van der Waals surface area contributed by atoms with Crippen LogP contribution in [-0.2, 0) is 4.79 Å². The zero-order valence-electron chi connectivity index (χ0n) is 8.42. The van der Waals surface area contributed by atoms with E-state index >= 15 is 0 Å². The normalized spacial score (nSPS) is 39.5. The molecule has 2 nitrogen and oxygen atoms in total. The number of allylic oxidation sites excluding steroid dienone is 1. The molecule has 13 heavy (non-hydrogen) atoms. The highest BCUT2D eigenvalue weighted by molar-refractivity contribution is 5.82. The van der Waals surface area contributed by atoms with Gasteiger partial charge in [-0.25, -0.2) is 0 Å². The fraction of sp³-hybridized carbons (Fsp3) is 0.727. The molecule has 3 atom stereocenters. The van der Waals surface area contributed by atoms with Gasteiger partial charge in [0.15, 0.2) is 0 Å². The summed E-state index contributed by atoms with van der Waals surface area (Å²) in [6, 6.07) is 0.171. The highest BCUT2D eigenvalue weighted by atomic mass is 16.1. The molecule has 0 radical (unpaired) electrons. The zero-order valence-corrected chi connectivity index (χ0v) is 8.42. The average molecular weight is 179 g/mol. The highest BCUT2D eigenvalue weighted by Crippen LogP contribution is 2.43. The van der Waals surface area contributed by atoms with Crippen molar-refractivity contribution in [3.05, 3.63) is 12.2 Å². The molecular formula is C11H17NO. The van der Waals surface area contributed by atoms with E-state index in [1.165, 1.54) is 5.57 Å². The second kappa shape index (κ2) is 2.95. The largest absolute Gasteiger partial charge is 0.298 e. The summed E-state index contributed by atoms with van der Waals surface area (Å²) in [5.41, 5.74) is 1.34. The van der Waals surface area contributed by atoms with Crippen molar-refractivity contribution in [3.8, 4) is 0 Å². The molecule has 0 aromatic rings. The molecule has 1 aliphatic heterocycles. The number of rotatable bonds is 1. The van der Waals surface area contributed by atoms with Crippen molar-refractivity contribution < 1.29 is 4.79 Å². The monoisotopic (exact) mass is 179 g/mol. The maximum absolute atomic E-state index is 11.4. The number of carbonyl (C=O) groups is 1. The van der Waals surface area contributed by atoms with E-state index in [0.29, 0.717) is 17.6 Å². The fourth-order valence-corrected chi connectivity index (χ4v) is 3.10. The molecule has 1 saturated carbocycles. The Labute approximate surface area is 79.6 Å². The number of hydrogen-bond donors (Lipinski definition) is 0. The van der Waals surface area contributed by atoms with Crippen LogP contribution in [0.1, 0.15) is 19.8 Å². The zero-order chi connectivity index (χ0) is 9.59. The molecule has 72 valence electrons. The van der Waals surface area contributed by atoms with Gasteiger partial charge in [0.2, 0.25) is 0 Å². The van der Waals surface area contributed by atoms with Gasteiger partial charge >= 0.3 is 0 Å². The smallest absolute Gasteiger partial charge is 0.147 e. The molecule has 2 rings (SSSR count). The molecule has 0 aromatic carbocycles. The van der Waals surface area contributed by atoms with Gasteiger partial charge in [-0.2, -0.15) is 0 Å². The van der Waals surface area contributed by atoms with E-state index in [2.05, 4.69) is 18.5 Å². The van der Waals surface area contributed by atoms with Gasteiger partial charge in [-0.15, -0.1) is 0 Å². The number of hydrogen-bond acceptors (Lipinski definition) is 2. The molecule has 0 N–H and O–H groups in total. The molecule has 1 saturated heterocycles. The topological polar surface area (TPSA) is 20.3 Å². The quantitative estimate of drug-likeness (QED) is 0.568. The first-order valence-electron chi connectivity index (χ1n) is 4.97. The van der Waals surface area contributed by atoms with Crippen molar-refractivity contribution in [3.63, 3.8) is 0 Å². The SMILES string of the molecule is C=C1C[C@H]2CN(C)[C@H](C(C)=O)[C@H]2C1. The third-order valence-corrected chi connectivity index (χ3v) is 3.50. The van der Waals surface area contributed by atoms with Crippen LogP contribution in [-0.4, -0.2) is 30.3 Å². The predicted molar refractivity (Wildman–Crippen MR) is 52.5 cm³/mol. The van der Waals surface area contributed by atoms with Crippen LogP contribution < -0.4 is 0 Å². The molecule has 1 heterocycles. The van der Waals surface area contributed by atoms with Gasteiger partial charge in [-0.3, -0.25) is 9.69 Å². The Bertz CT molecular complexity index is 259. The van der Waals surface area contributed by atoms with Crippen molar-refractivity contribution >= 4 is 5.78 Å². The third-order valence-electron chi connectivity index (χ3n) is 3.50. The molecule has 2 heteroatoms. The summed E-state index contributed by atoms with van der Waals surface area (Å²) in [7, 11) is 2.06. The highest BCUT2D eigenvalue weighted by Gasteiger charge is 2.45. The van der Waals surface area contributed by atoms with Gasteiger partial charge in [0.1, 0.15) is 5.78 Å². The van der Waals surface area contributed by atoms with Crippen LogP contribution in [0.15, 0.2) is 12.2 Å². The van der Waals surface area contributed by atoms with E-state index in [1.807, 2.05) is 0 Å². The van der Waals surface area contributed by atoms with Crippen molar-refractivity contribution in [2.75, 3.05) is 13.6 Å². The number of likely N-dealkylation sites (tertiary alicyclic amines) is 1. The summed E-state index contributed by atoms with van der Waals surface area (Å²) >= 11 is 0. The molecular weight excluding hydrogens is 162 g/mol. The lowest BCUT2D eigenvalue weighted by atomic mass is 9.92. The molecule has 0 spiro atoms. The summed E-state index contributed by atoms with van der Waals surface area (Å²) in [4.78, 5) is 13.6. The number of ketones is 1. The van der Waals surface area contributed by atoms with E-state index in [-0.39, 0.29) is 6.04 Å². The molecule has 2 fully saturated rings. The van der Waals surface area contributed by atoms with Crippen LogP contribution >= 0.6 is 0 Å². The van der Waals surface area contributed by atoms with Gasteiger partial charge in [-0.1, -0.05) is 12.2 Å². The molecule has 2 aliphatic rings. The van der Waals surface area contributed by atoms with Crippen LogP contribution in [0.25, 0.3) is 0 Å². The number of nitrogens with zero attached hydrogens (tertiary/aromatic N) is 1. The Hall–Kier alpha value is -0.630. The van der Waals surface area contributed by atoms with Crippen LogP contribution in [0.4, 0.5) is 0 Å². The van der Waals surface area contributed by atoms with Gasteiger partial charge in [-0.05, 0) is 38.6 Å². The predicted octanol–water partition coefficient (Wildman–Crippen LogP) is 1.47. The Kier molecular flexibility index (Phi) is 2.03. The van der Waals surface area contributed by atoms with Gasteiger partial charge in [0.25, 0.3) is 0 Å². The standard InChI is InChI=1S/C11H17NO/c1-7-4-9-6-12(3)11(8(2)13)10(9)5-7/h9-11H,1,4-6H2,2-3H3/t9-,10-,11+/m0/s1. The summed E-state index contributed by atoms with van der Waals surface area (Å²) in [6.45, 7) is 6.82. The minimum atomic E-state index is 0.171. The molecule has 0 amide bonds. The van der Waals surface area contributed by atoms with Crippen molar-refractivity contribution in [1.82, 2.24) is 4.90 Å². The number of Topliss-reactive ketones (excluding diaryl/α,β-unsaturated/α-hetero) is 1. The lowest BCUT2D eigenvalue weighted by Crippen LogP contribution is -2.35. The van der Waals surface area contributed by atoms with Crippen LogP contribution in [0.3, 0.4) is 0 Å². The first-order chi connectivity index (χ1) is 6.09. The second-order valence-electron chi connectivity index (χ2n) is 4.58. The van der Waals surface area contributed by atoms with E-state index < -0.39 is 0 Å². The first-order valence-corrected chi connectivity index (χ1v) is 4.97. The van der Waals surface area contributed by atoms with Crippen LogP contribution in [0, 0.1) is 11.8 Å². The number of likely N-dealkylation sites (N-methyl/N-ethyl adjacent to an activating group) is 1. The van der Waals surface area contributed by atoms with E-state index in [9.17, 15) is 4.79 Å². The van der Waals surface area contributed by atoms with Crippen LogP contribution in [0.5, 0.6) is 0 Å². The Morgan fingerprint density at radius 3 is 2.85 bits per heavy atom. The second-order valence-corrected chi connectivity index (χ2v) is 4.58. The fourth-order valence-electron chi connectivity index (χ4n) is 3.10. The minimum Gasteiger partial charge on any atom is -0.298 e. The Balaban J connectivity index is 2.19. The number of fused-ring (bicyclic) bond motifs is 1. The molecule has 0 unspecified atom stereocenters. The molecule has 1 aliphatic carbocycles. The average Bonchev–Trinajstić information content (AvgIpc) is 2.41. The third kappa shape index (κ3) is 1.33.